The highest BCUT2D eigenvalue weighted by Crippen LogP contribution is 2.04. The van der Waals surface area contributed by atoms with E-state index in [1.54, 1.807) is 17.0 Å². The molecule has 25 heavy (non-hydrogen) atoms. The van der Waals surface area contributed by atoms with Gasteiger partial charge in [-0.3, -0.25) is 9.59 Å². The molecule has 2 aromatic carbocycles. The molecule has 2 amide bonds. The van der Waals surface area contributed by atoms with Gasteiger partial charge in [0.2, 0.25) is 11.8 Å². The third kappa shape index (κ3) is 6.75. The molecule has 0 aliphatic carbocycles. The first kappa shape index (κ1) is 18.6. The molecule has 0 bridgehead atoms. The minimum absolute atomic E-state index is 0.0104. The van der Waals surface area contributed by atoms with E-state index >= 15 is 0 Å². The monoisotopic (exact) mass is 342 g/mol. The summed E-state index contributed by atoms with van der Waals surface area (Å²) in [5, 5.41) is 2.80. The number of benzene rings is 2. The Bertz CT molecular complexity index is 687. The SMILES string of the molecule is CC(=O)N(CCNC(=O)Cc1ccc(F)cc1)CCc1ccccc1. The summed E-state index contributed by atoms with van der Waals surface area (Å²) in [5.41, 5.74) is 1.93. The van der Waals surface area contributed by atoms with Gasteiger partial charge in [-0.15, -0.1) is 0 Å². The Morgan fingerprint density at radius 3 is 2.28 bits per heavy atom. The Hall–Kier alpha value is -2.69. The lowest BCUT2D eigenvalue weighted by molar-refractivity contribution is -0.129. The smallest absolute Gasteiger partial charge is 0.224 e. The minimum Gasteiger partial charge on any atom is -0.354 e. The number of hydrogen-bond donors (Lipinski definition) is 1. The molecule has 0 radical (unpaired) electrons. The number of rotatable bonds is 8. The Morgan fingerprint density at radius 2 is 1.64 bits per heavy atom. The van der Waals surface area contributed by atoms with Gasteiger partial charge in [-0.1, -0.05) is 42.5 Å². The summed E-state index contributed by atoms with van der Waals surface area (Å²) in [6, 6.07) is 15.8. The van der Waals surface area contributed by atoms with Crippen LogP contribution in [0.4, 0.5) is 4.39 Å². The lowest BCUT2D eigenvalue weighted by Crippen LogP contribution is -2.39. The van der Waals surface area contributed by atoms with Crippen molar-refractivity contribution in [2.75, 3.05) is 19.6 Å². The molecule has 0 saturated carbocycles. The van der Waals surface area contributed by atoms with E-state index in [1.807, 2.05) is 30.3 Å². The van der Waals surface area contributed by atoms with Crippen LogP contribution in [0, 0.1) is 5.82 Å². The van der Waals surface area contributed by atoms with Crippen molar-refractivity contribution in [2.45, 2.75) is 19.8 Å². The van der Waals surface area contributed by atoms with Gasteiger partial charge in [0.15, 0.2) is 0 Å². The molecule has 0 heterocycles. The molecule has 1 N–H and O–H groups in total. The number of nitrogens with zero attached hydrogens (tertiary/aromatic N) is 1. The fraction of sp³-hybridized carbons (Fsp3) is 0.300. The van der Waals surface area contributed by atoms with Crippen LogP contribution in [0.3, 0.4) is 0 Å². The van der Waals surface area contributed by atoms with Crippen LogP contribution in [0.15, 0.2) is 54.6 Å². The van der Waals surface area contributed by atoms with E-state index < -0.39 is 0 Å². The number of hydrogen-bond acceptors (Lipinski definition) is 2. The van der Waals surface area contributed by atoms with Gasteiger partial charge in [-0.25, -0.2) is 4.39 Å². The van der Waals surface area contributed by atoms with E-state index in [0.717, 1.165) is 12.0 Å². The number of amides is 2. The van der Waals surface area contributed by atoms with Crippen molar-refractivity contribution in [3.63, 3.8) is 0 Å². The van der Waals surface area contributed by atoms with E-state index in [9.17, 15) is 14.0 Å². The highest BCUT2D eigenvalue weighted by atomic mass is 19.1. The molecule has 0 unspecified atom stereocenters. The highest BCUT2D eigenvalue weighted by molar-refractivity contribution is 5.78. The first-order chi connectivity index (χ1) is 12.0. The van der Waals surface area contributed by atoms with Gasteiger partial charge in [0.25, 0.3) is 0 Å². The normalized spacial score (nSPS) is 10.3. The molecule has 0 aliphatic heterocycles. The molecule has 0 saturated heterocycles. The van der Waals surface area contributed by atoms with Crippen LogP contribution >= 0.6 is 0 Å². The topological polar surface area (TPSA) is 49.4 Å². The van der Waals surface area contributed by atoms with Gasteiger partial charge >= 0.3 is 0 Å². The van der Waals surface area contributed by atoms with E-state index in [1.165, 1.54) is 24.6 Å². The molecule has 5 heteroatoms. The Labute approximate surface area is 147 Å². The zero-order chi connectivity index (χ0) is 18.1. The molecule has 132 valence electrons. The van der Waals surface area contributed by atoms with Gasteiger partial charge in [-0.2, -0.15) is 0 Å². The second-order valence-corrected chi connectivity index (χ2v) is 5.89. The van der Waals surface area contributed by atoms with Gasteiger partial charge in [0, 0.05) is 26.6 Å². The van der Waals surface area contributed by atoms with Crippen LogP contribution in [0.1, 0.15) is 18.1 Å². The number of carbonyl (C=O) groups excluding carboxylic acids is 2. The highest BCUT2D eigenvalue weighted by Gasteiger charge is 2.10. The summed E-state index contributed by atoms with van der Waals surface area (Å²) in [4.78, 5) is 25.4. The van der Waals surface area contributed by atoms with Crippen molar-refractivity contribution in [1.82, 2.24) is 10.2 Å². The Morgan fingerprint density at radius 1 is 0.960 bits per heavy atom. The summed E-state index contributed by atoms with van der Waals surface area (Å²) in [6.07, 6.45) is 0.980. The molecule has 0 aliphatic rings. The van der Waals surface area contributed by atoms with Crippen LogP contribution in [-0.2, 0) is 22.4 Å². The molecule has 4 nitrogen and oxygen atoms in total. The second kappa shape index (κ2) is 9.57. The zero-order valence-electron chi connectivity index (χ0n) is 14.4. The average molecular weight is 342 g/mol. The maximum Gasteiger partial charge on any atom is 0.224 e. The summed E-state index contributed by atoms with van der Waals surface area (Å²) in [7, 11) is 0. The van der Waals surface area contributed by atoms with Crippen LogP contribution in [0.2, 0.25) is 0 Å². The number of nitrogens with one attached hydrogen (secondary N) is 1. The average Bonchev–Trinajstić information content (AvgIpc) is 2.60. The summed E-state index contributed by atoms with van der Waals surface area (Å²) in [6.45, 7) is 3.02. The maximum atomic E-state index is 12.8. The third-order valence-electron chi connectivity index (χ3n) is 3.94. The molecular weight excluding hydrogens is 319 g/mol. The summed E-state index contributed by atoms with van der Waals surface area (Å²) in [5.74, 6) is -0.471. The van der Waals surface area contributed by atoms with Crippen molar-refractivity contribution >= 4 is 11.8 Å². The predicted molar refractivity (Wildman–Crippen MR) is 95.5 cm³/mol. The molecule has 0 spiro atoms. The van der Waals surface area contributed by atoms with Crippen LogP contribution in [-0.4, -0.2) is 36.3 Å². The van der Waals surface area contributed by atoms with E-state index in [-0.39, 0.29) is 24.1 Å². The molecular formula is C20H23FN2O2. The van der Waals surface area contributed by atoms with E-state index in [0.29, 0.717) is 19.6 Å². The third-order valence-corrected chi connectivity index (χ3v) is 3.94. The second-order valence-electron chi connectivity index (χ2n) is 5.89. The molecule has 0 atom stereocenters. The zero-order valence-corrected chi connectivity index (χ0v) is 14.4. The van der Waals surface area contributed by atoms with Gasteiger partial charge in [0.05, 0.1) is 6.42 Å². The molecule has 2 aromatic rings. The van der Waals surface area contributed by atoms with Crippen molar-refractivity contribution in [1.29, 1.82) is 0 Å². The lowest BCUT2D eigenvalue weighted by Gasteiger charge is -2.21. The first-order valence-corrected chi connectivity index (χ1v) is 8.35. The van der Waals surface area contributed by atoms with Crippen molar-refractivity contribution in [2.24, 2.45) is 0 Å². The number of carbonyl (C=O) groups is 2. The quantitative estimate of drug-likeness (QED) is 0.802. The minimum atomic E-state index is -0.320. The lowest BCUT2D eigenvalue weighted by atomic mass is 10.1. The number of halogens is 1. The van der Waals surface area contributed by atoms with E-state index in [2.05, 4.69) is 5.32 Å². The van der Waals surface area contributed by atoms with Crippen molar-refractivity contribution < 1.29 is 14.0 Å². The van der Waals surface area contributed by atoms with Crippen LogP contribution < -0.4 is 5.32 Å². The standard InChI is InChI=1S/C20H23FN2O2/c1-16(24)23(13-11-17-5-3-2-4-6-17)14-12-22-20(25)15-18-7-9-19(21)10-8-18/h2-10H,11-15H2,1H3,(H,22,25). The molecule has 2 rings (SSSR count). The van der Waals surface area contributed by atoms with Gasteiger partial charge < -0.3 is 10.2 Å². The fourth-order valence-corrected chi connectivity index (χ4v) is 2.52. The molecule has 0 aromatic heterocycles. The van der Waals surface area contributed by atoms with Crippen molar-refractivity contribution in [3.8, 4) is 0 Å². The van der Waals surface area contributed by atoms with Gasteiger partial charge in [0.1, 0.15) is 5.82 Å². The van der Waals surface area contributed by atoms with Crippen LogP contribution in [0.5, 0.6) is 0 Å². The van der Waals surface area contributed by atoms with E-state index in [4.69, 9.17) is 0 Å². The predicted octanol–water partition coefficient (Wildman–Crippen LogP) is 2.58. The Kier molecular flexibility index (Phi) is 7.14. The van der Waals surface area contributed by atoms with Gasteiger partial charge in [-0.05, 0) is 29.7 Å². The fourth-order valence-electron chi connectivity index (χ4n) is 2.52. The summed E-state index contributed by atoms with van der Waals surface area (Å²) < 4.78 is 12.8. The largest absolute Gasteiger partial charge is 0.354 e. The molecule has 0 fully saturated rings. The Balaban J connectivity index is 1.74. The van der Waals surface area contributed by atoms with Crippen LogP contribution in [0.25, 0.3) is 0 Å². The van der Waals surface area contributed by atoms with Crippen molar-refractivity contribution in [3.05, 3.63) is 71.5 Å². The summed E-state index contributed by atoms with van der Waals surface area (Å²) >= 11 is 0. The first-order valence-electron chi connectivity index (χ1n) is 8.35. The maximum absolute atomic E-state index is 12.8.